The maximum absolute atomic E-state index is 2.30. The van der Waals surface area contributed by atoms with E-state index in [-0.39, 0.29) is 0 Å². The third-order valence-corrected chi connectivity index (χ3v) is 3.07. The fourth-order valence-corrected chi connectivity index (χ4v) is 2.66. The van der Waals surface area contributed by atoms with Crippen molar-refractivity contribution in [3.8, 4) is 0 Å². The first-order chi connectivity index (χ1) is 4.01. The summed E-state index contributed by atoms with van der Waals surface area (Å²) in [6.07, 6.45) is 1.27. The number of allylic oxidation sites excluding steroid dienone is 2. The van der Waals surface area contributed by atoms with Crippen LogP contribution in [0.1, 0.15) is 34.1 Å². The molecule has 1 rings (SSSR count). The zero-order valence-corrected chi connectivity index (χ0v) is 7.43. The fraction of sp³-hybridized carbons (Fsp3) is 0.750. The van der Waals surface area contributed by atoms with Gasteiger partial charge in [-0.2, -0.15) is 0 Å². The highest BCUT2D eigenvalue weighted by atomic mass is 32.2. The number of thioether (sulfide) groups is 1. The molecule has 0 aromatic heterocycles. The summed E-state index contributed by atoms with van der Waals surface area (Å²) in [5.74, 6) is 0. The number of hydrogen-bond donors (Lipinski definition) is 0. The van der Waals surface area contributed by atoms with Gasteiger partial charge in [-0.1, -0.05) is 19.4 Å². The van der Waals surface area contributed by atoms with Gasteiger partial charge < -0.3 is 0 Å². The van der Waals surface area contributed by atoms with E-state index in [2.05, 4.69) is 27.7 Å². The molecule has 0 atom stereocenters. The predicted molar refractivity (Wildman–Crippen MR) is 44.7 cm³/mol. The van der Waals surface area contributed by atoms with Crippen LogP contribution in [-0.2, 0) is 0 Å². The van der Waals surface area contributed by atoms with E-state index in [1.165, 1.54) is 11.3 Å². The van der Waals surface area contributed by atoms with E-state index in [1.807, 2.05) is 11.8 Å². The summed E-state index contributed by atoms with van der Waals surface area (Å²) >= 11 is 2.01. The SMILES string of the molecule is CC1=C(C)SC(C)(C)C1. The van der Waals surface area contributed by atoms with Crippen LogP contribution in [0.25, 0.3) is 0 Å². The van der Waals surface area contributed by atoms with Crippen molar-refractivity contribution in [1.29, 1.82) is 0 Å². The summed E-state index contributed by atoms with van der Waals surface area (Å²) in [5, 5.41) is 0. The smallest absolute Gasteiger partial charge is 0.0184 e. The molecule has 0 spiro atoms. The quantitative estimate of drug-likeness (QED) is 0.500. The van der Waals surface area contributed by atoms with E-state index in [1.54, 1.807) is 5.57 Å². The Hall–Kier alpha value is 0.0900. The van der Waals surface area contributed by atoms with Crippen molar-refractivity contribution >= 4 is 11.8 Å². The van der Waals surface area contributed by atoms with Gasteiger partial charge in [-0.3, -0.25) is 0 Å². The molecule has 0 aromatic carbocycles. The normalized spacial score (nSPS) is 25.3. The van der Waals surface area contributed by atoms with Crippen molar-refractivity contribution in [2.45, 2.75) is 38.9 Å². The van der Waals surface area contributed by atoms with Crippen LogP contribution >= 0.6 is 11.8 Å². The molecule has 1 aliphatic rings. The van der Waals surface area contributed by atoms with Gasteiger partial charge in [0.1, 0.15) is 0 Å². The van der Waals surface area contributed by atoms with Gasteiger partial charge >= 0.3 is 0 Å². The van der Waals surface area contributed by atoms with Gasteiger partial charge in [0.2, 0.25) is 0 Å². The average molecular weight is 142 g/mol. The maximum atomic E-state index is 2.30. The predicted octanol–water partition coefficient (Wildman–Crippen LogP) is 3.20. The van der Waals surface area contributed by atoms with Crippen LogP contribution in [-0.4, -0.2) is 4.75 Å². The molecule has 52 valence electrons. The van der Waals surface area contributed by atoms with E-state index in [9.17, 15) is 0 Å². The molecule has 0 unspecified atom stereocenters. The molecule has 0 amide bonds. The molecular formula is C8H14S. The van der Waals surface area contributed by atoms with E-state index in [4.69, 9.17) is 0 Å². The third-order valence-electron chi connectivity index (χ3n) is 1.72. The lowest BCUT2D eigenvalue weighted by Crippen LogP contribution is -2.08. The first kappa shape index (κ1) is 7.20. The van der Waals surface area contributed by atoms with Crippen molar-refractivity contribution in [1.82, 2.24) is 0 Å². The number of hydrogen-bond acceptors (Lipinski definition) is 1. The summed E-state index contributed by atoms with van der Waals surface area (Å²) in [6.45, 7) is 9.06. The van der Waals surface area contributed by atoms with E-state index in [0.717, 1.165) is 0 Å². The minimum absolute atomic E-state index is 0.480. The van der Waals surface area contributed by atoms with E-state index in [0.29, 0.717) is 4.75 Å². The lowest BCUT2D eigenvalue weighted by atomic mass is 10.0. The third kappa shape index (κ3) is 1.51. The Kier molecular flexibility index (Phi) is 1.64. The van der Waals surface area contributed by atoms with Gasteiger partial charge in [-0.25, -0.2) is 0 Å². The van der Waals surface area contributed by atoms with Crippen molar-refractivity contribution in [3.63, 3.8) is 0 Å². The van der Waals surface area contributed by atoms with Crippen molar-refractivity contribution < 1.29 is 0 Å². The highest BCUT2D eigenvalue weighted by Gasteiger charge is 2.26. The summed E-state index contributed by atoms with van der Waals surface area (Å²) in [4.78, 5) is 1.53. The van der Waals surface area contributed by atoms with Gasteiger partial charge in [-0.15, -0.1) is 11.8 Å². The molecule has 0 radical (unpaired) electrons. The maximum Gasteiger partial charge on any atom is 0.0184 e. The Morgan fingerprint density at radius 3 is 2.00 bits per heavy atom. The molecule has 0 saturated carbocycles. The lowest BCUT2D eigenvalue weighted by molar-refractivity contribution is 0.717. The Morgan fingerprint density at radius 1 is 1.33 bits per heavy atom. The molecule has 1 aliphatic heterocycles. The Balaban J connectivity index is 2.70. The highest BCUT2D eigenvalue weighted by Crippen LogP contribution is 2.44. The monoisotopic (exact) mass is 142 g/mol. The molecule has 0 N–H and O–H groups in total. The van der Waals surface area contributed by atoms with Crippen molar-refractivity contribution in [3.05, 3.63) is 10.5 Å². The molecule has 9 heavy (non-hydrogen) atoms. The summed E-state index contributed by atoms with van der Waals surface area (Å²) < 4.78 is 0.480. The molecule has 1 heteroatoms. The Labute approximate surface area is 61.7 Å². The summed E-state index contributed by atoms with van der Waals surface area (Å²) in [5.41, 5.74) is 1.57. The van der Waals surface area contributed by atoms with Crippen LogP contribution in [0.4, 0.5) is 0 Å². The van der Waals surface area contributed by atoms with E-state index < -0.39 is 0 Å². The minimum atomic E-state index is 0.480. The highest BCUT2D eigenvalue weighted by molar-refractivity contribution is 8.04. The van der Waals surface area contributed by atoms with Gasteiger partial charge in [0.05, 0.1) is 0 Å². The number of rotatable bonds is 0. The van der Waals surface area contributed by atoms with E-state index >= 15 is 0 Å². The Morgan fingerprint density at radius 2 is 1.89 bits per heavy atom. The largest absolute Gasteiger partial charge is 0.124 e. The van der Waals surface area contributed by atoms with Crippen LogP contribution in [0.2, 0.25) is 0 Å². The average Bonchev–Trinajstić information content (AvgIpc) is 1.79. The molecule has 0 saturated heterocycles. The molecule has 0 fully saturated rings. The van der Waals surface area contributed by atoms with Gasteiger partial charge in [-0.05, 0) is 25.2 Å². The van der Waals surface area contributed by atoms with Crippen LogP contribution in [0, 0.1) is 0 Å². The molecule has 0 bridgehead atoms. The molecule has 0 nitrogen and oxygen atoms in total. The first-order valence-corrected chi connectivity index (χ1v) is 4.18. The first-order valence-electron chi connectivity index (χ1n) is 3.37. The molecule has 0 aromatic rings. The van der Waals surface area contributed by atoms with Crippen LogP contribution < -0.4 is 0 Å². The van der Waals surface area contributed by atoms with Crippen LogP contribution in [0.3, 0.4) is 0 Å². The second-order valence-corrected chi connectivity index (χ2v) is 5.30. The molecule has 1 heterocycles. The van der Waals surface area contributed by atoms with Crippen LogP contribution in [0.5, 0.6) is 0 Å². The summed E-state index contributed by atoms with van der Waals surface area (Å²) in [6, 6.07) is 0. The van der Waals surface area contributed by atoms with Gasteiger partial charge in [0.15, 0.2) is 0 Å². The second kappa shape index (κ2) is 2.05. The van der Waals surface area contributed by atoms with Gasteiger partial charge in [0.25, 0.3) is 0 Å². The topological polar surface area (TPSA) is 0 Å². The zero-order valence-electron chi connectivity index (χ0n) is 6.62. The summed E-state index contributed by atoms with van der Waals surface area (Å²) in [7, 11) is 0. The second-order valence-electron chi connectivity index (χ2n) is 3.38. The van der Waals surface area contributed by atoms with Gasteiger partial charge in [0, 0.05) is 4.75 Å². The van der Waals surface area contributed by atoms with Crippen molar-refractivity contribution in [2.75, 3.05) is 0 Å². The Bertz CT molecular complexity index is 138. The van der Waals surface area contributed by atoms with Crippen LogP contribution in [0.15, 0.2) is 10.5 Å². The molecule has 0 aliphatic carbocycles. The standard InChI is InChI=1S/C8H14S/c1-6-5-8(3,4)9-7(6)2/h5H2,1-4H3. The zero-order chi connectivity index (χ0) is 7.07. The molecular weight excluding hydrogens is 128 g/mol. The van der Waals surface area contributed by atoms with Crippen molar-refractivity contribution in [2.24, 2.45) is 0 Å². The lowest BCUT2D eigenvalue weighted by Gasteiger charge is -2.15. The minimum Gasteiger partial charge on any atom is -0.124 e. The fourth-order valence-electron chi connectivity index (χ4n) is 1.30.